The Morgan fingerprint density at radius 3 is 2.53 bits per heavy atom. The van der Waals surface area contributed by atoms with Gasteiger partial charge >= 0.3 is 0 Å². The van der Waals surface area contributed by atoms with E-state index in [2.05, 4.69) is 15.3 Å². The third-order valence-corrected chi connectivity index (χ3v) is 3.08. The summed E-state index contributed by atoms with van der Waals surface area (Å²) in [6, 6.07) is 9.73. The average molecular weight is 254 g/mol. The predicted molar refractivity (Wildman–Crippen MR) is 71.4 cm³/mol. The van der Waals surface area contributed by atoms with Gasteiger partial charge in [-0.15, -0.1) is 10.2 Å². The van der Waals surface area contributed by atoms with Crippen LogP contribution in [-0.2, 0) is 6.54 Å². The number of benzene rings is 1. The Kier molecular flexibility index (Phi) is 2.87. The van der Waals surface area contributed by atoms with E-state index in [1.54, 1.807) is 6.20 Å². The molecule has 0 bridgehead atoms. The van der Waals surface area contributed by atoms with Crippen LogP contribution in [0.15, 0.2) is 40.9 Å². The first-order valence-electron chi connectivity index (χ1n) is 6.21. The topological polar surface area (TPSA) is 56.7 Å². The highest BCUT2D eigenvalue weighted by atomic mass is 16.4. The molecule has 3 aromatic rings. The molecule has 0 saturated heterocycles. The molecule has 96 valence electrons. The summed E-state index contributed by atoms with van der Waals surface area (Å²) < 4.78 is 7.62. The first-order valence-corrected chi connectivity index (χ1v) is 6.21. The summed E-state index contributed by atoms with van der Waals surface area (Å²) in [5.41, 5.74) is 2.84. The first kappa shape index (κ1) is 11.6. The number of aromatic nitrogens is 4. The molecule has 0 amide bonds. The van der Waals surface area contributed by atoms with Crippen LogP contribution in [-0.4, -0.2) is 20.0 Å². The Morgan fingerprint density at radius 2 is 1.84 bits per heavy atom. The maximum absolute atomic E-state index is 5.72. The van der Waals surface area contributed by atoms with Gasteiger partial charge in [0.2, 0.25) is 5.89 Å². The van der Waals surface area contributed by atoms with Crippen molar-refractivity contribution in [1.82, 2.24) is 20.0 Å². The quantitative estimate of drug-likeness (QED) is 0.721. The lowest BCUT2D eigenvalue weighted by atomic mass is 10.2. The number of hydrogen-bond donors (Lipinski definition) is 0. The third-order valence-electron chi connectivity index (χ3n) is 3.08. The fraction of sp³-hybridized carbons (Fsp3) is 0.214. The van der Waals surface area contributed by atoms with Crippen LogP contribution in [0, 0.1) is 6.92 Å². The van der Waals surface area contributed by atoms with Crippen molar-refractivity contribution < 1.29 is 4.42 Å². The summed E-state index contributed by atoms with van der Waals surface area (Å²) in [4.78, 5) is 0. The molecule has 5 nitrogen and oxygen atoms in total. The van der Waals surface area contributed by atoms with Gasteiger partial charge in [0.25, 0.3) is 5.89 Å². The molecule has 1 aromatic carbocycles. The Hall–Kier alpha value is -2.43. The molecule has 0 N–H and O–H groups in total. The van der Waals surface area contributed by atoms with Crippen molar-refractivity contribution in [3.05, 3.63) is 42.2 Å². The summed E-state index contributed by atoms with van der Waals surface area (Å²) >= 11 is 0. The van der Waals surface area contributed by atoms with E-state index in [1.807, 2.05) is 48.9 Å². The zero-order chi connectivity index (χ0) is 13.2. The second-order valence-corrected chi connectivity index (χ2v) is 4.24. The predicted octanol–water partition coefficient (Wildman–Crippen LogP) is 2.93. The van der Waals surface area contributed by atoms with Crippen LogP contribution < -0.4 is 0 Å². The molecule has 2 aromatic heterocycles. The second-order valence-electron chi connectivity index (χ2n) is 4.24. The third kappa shape index (κ3) is 2.03. The number of hydrogen-bond acceptors (Lipinski definition) is 4. The van der Waals surface area contributed by atoms with Crippen molar-refractivity contribution in [2.75, 3.05) is 0 Å². The van der Waals surface area contributed by atoms with Crippen LogP contribution in [0.1, 0.15) is 12.6 Å². The van der Waals surface area contributed by atoms with Gasteiger partial charge in [-0.3, -0.25) is 4.68 Å². The summed E-state index contributed by atoms with van der Waals surface area (Å²) in [5, 5.41) is 12.5. The van der Waals surface area contributed by atoms with Crippen LogP contribution in [0.4, 0.5) is 0 Å². The van der Waals surface area contributed by atoms with Crippen molar-refractivity contribution in [1.29, 1.82) is 0 Å². The van der Waals surface area contributed by atoms with Gasteiger partial charge in [0, 0.05) is 17.8 Å². The van der Waals surface area contributed by atoms with Crippen molar-refractivity contribution in [2.24, 2.45) is 0 Å². The van der Waals surface area contributed by atoms with Crippen LogP contribution in [0.3, 0.4) is 0 Å². The van der Waals surface area contributed by atoms with Crippen molar-refractivity contribution >= 4 is 0 Å². The van der Waals surface area contributed by atoms with Gasteiger partial charge in [-0.25, -0.2) is 0 Å². The number of aryl methyl sites for hydroxylation is 1. The lowest BCUT2D eigenvalue weighted by Gasteiger charge is -1.98. The van der Waals surface area contributed by atoms with E-state index in [0.717, 1.165) is 23.4 Å². The molecule has 0 atom stereocenters. The molecule has 0 aliphatic heterocycles. The lowest BCUT2D eigenvalue weighted by Crippen LogP contribution is -1.98. The highest BCUT2D eigenvalue weighted by molar-refractivity contribution is 5.58. The van der Waals surface area contributed by atoms with Crippen molar-refractivity contribution in [3.8, 4) is 22.9 Å². The molecule has 0 unspecified atom stereocenters. The Bertz CT molecular complexity index is 685. The maximum Gasteiger partial charge on any atom is 0.251 e. The smallest absolute Gasteiger partial charge is 0.251 e. The van der Waals surface area contributed by atoms with E-state index in [1.165, 1.54) is 0 Å². The fourth-order valence-electron chi connectivity index (χ4n) is 2.00. The zero-order valence-corrected chi connectivity index (χ0v) is 10.9. The maximum atomic E-state index is 5.72. The SMILES string of the molecule is CCn1ncc(-c2nnc(-c3ccccc3)o2)c1C. The van der Waals surface area contributed by atoms with Gasteiger partial charge in [0.1, 0.15) is 0 Å². The molecular weight excluding hydrogens is 240 g/mol. The summed E-state index contributed by atoms with van der Waals surface area (Å²) in [7, 11) is 0. The standard InChI is InChI=1S/C14H14N4O/c1-3-18-10(2)12(9-15-18)14-17-16-13(19-14)11-7-5-4-6-8-11/h4-9H,3H2,1-2H3. The highest BCUT2D eigenvalue weighted by Crippen LogP contribution is 2.25. The molecule has 5 heteroatoms. The molecule has 0 aliphatic rings. The average Bonchev–Trinajstić information content (AvgIpc) is 3.06. The molecule has 0 saturated carbocycles. The molecular formula is C14H14N4O. The fourth-order valence-corrected chi connectivity index (χ4v) is 2.00. The molecule has 0 fully saturated rings. The minimum Gasteiger partial charge on any atom is -0.416 e. The first-order chi connectivity index (χ1) is 9.29. The monoisotopic (exact) mass is 254 g/mol. The minimum absolute atomic E-state index is 0.510. The Morgan fingerprint density at radius 1 is 1.11 bits per heavy atom. The molecule has 2 heterocycles. The lowest BCUT2D eigenvalue weighted by molar-refractivity contribution is 0.583. The molecule has 0 radical (unpaired) electrons. The summed E-state index contributed by atoms with van der Waals surface area (Å²) in [5.74, 6) is 1.04. The van der Waals surface area contributed by atoms with Crippen LogP contribution in [0.2, 0.25) is 0 Å². The van der Waals surface area contributed by atoms with E-state index < -0.39 is 0 Å². The van der Waals surface area contributed by atoms with Gasteiger partial charge in [0.05, 0.1) is 11.8 Å². The van der Waals surface area contributed by atoms with Crippen molar-refractivity contribution in [3.63, 3.8) is 0 Å². The number of rotatable bonds is 3. The van der Waals surface area contributed by atoms with Crippen LogP contribution in [0.25, 0.3) is 22.9 Å². The Balaban J connectivity index is 1.99. The molecule has 0 spiro atoms. The summed E-state index contributed by atoms with van der Waals surface area (Å²) in [6.45, 7) is 4.87. The van der Waals surface area contributed by atoms with E-state index in [-0.39, 0.29) is 0 Å². The number of nitrogens with zero attached hydrogens (tertiary/aromatic N) is 4. The molecule has 0 aliphatic carbocycles. The minimum atomic E-state index is 0.510. The molecule has 3 rings (SSSR count). The highest BCUT2D eigenvalue weighted by Gasteiger charge is 2.15. The van der Waals surface area contributed by atoms with E-state index in [4.69, 9.17) is 4.42 Å². The van der Waals surface area contributed by atoms with Crippen molar-refractivity contribution in [2.45, 2.75) is 20.4 Å². The largest absolute Gasteiger partial charge is 0.416 e. The van der Waals surface area contributed by atoms with Gasteiger partial charge in [-0.2, -0.15) is 5.10 Å². The second kappa shape index (κ2) is 4.68. The van der Waals surface area contributed by atoms with E-state index in [0.29, 0.717) is 11.8 Å². The molecule has 19 heavy (non-hydrogen) atoms. The normalized spacial score (nSPS) is 10.8. The van der Waals surface area contributed by atoms with Gasteiger partial charge in [0.15, 0.2) is 0 Å². The van der Waals surface area contributed by atoms with Gasteiger partial charge < -0.3 is 4.42 Å². The van der Waals surface area contributed by atoms with Crippen LogP contribution >= 0.6 is 0 Å². The van der Waals surface area contributed by atoms with Crippen LogP contribution in [0.5, 0.6) is 0 Å². The zero-order valence-electron chi connectivity index (χ0n) is 10.9. The van der Waals surface area contributed by atoms with E-state index >= 15 is 0 Å². The Labute approximate surface area is 110 Å². The summed E-state index contributed by atoms with van der Waals surface area (Å²) in [6.07, 6.45) is 1.76. The van der Waals surface area contributed by atoms with Gasteiger partial charge in [-0.05, 0) is 26.0 Å². The van der Waals surface area contributed by atoms with Gasteiger partial charge in [-0.1, -0.05) is 18.2 Å². The van der Waals surface area contributed by atoms with E-state index in [9.17, 15) is 0 Å².